The lowest BCUT2D eigenvalue weighted by atomic mass is 10.00. The van der Waals surface area contributed by atoms with Gasteiger partial charge in [0.25, 0.3) is 0 Å². The summed E-state index contributed by atoms with van der Waals surface area (Å²) in [7, 11) is -5.70. The Kier molecular flexibility index (Phi) is 4.47. The predicted octanol–water partition coefficient (Wildman–Crippen LogP) is 3.93. The van der Waals surface area contributed by atoms with Crippen molar-refractivity contribution in [3.63, 3.8) is 0 Å². The van der Waals surface area contributed by atoms with Crippen molar-refractivity contribution in [2.75, 3.05) is 6.61 Å². The fraction of sp³-hybridized carbons (Fsp3) is 0.176. The zero-order valence-corrected chi connectivity index (χ0v) is 13.6. The van der Waals surface area contributed by atoms with Gasteiger partial charge in [0.15, 0.2) is 0 Å². The molecule has 0 aromatic heterocycles. The Balaban J connectivity index is 1.79. The van der Waals surface area contributed by atoms with E-state index in [0.29, 0.717) is 12.2 Å². The lowest BCUT2D eigenvalue weighted by Gasteiger charge is -2.21. The molecule has 0 atom stereocenters. The van der Waals surface area contributed by atoms with Crippen molar-refractivity contribution in [2.24, 2.45) is 0 Å². The minimum atomic E-state index is -5.70. The number of ether oxygens (including phenoxy) is 1. The Hall–Kier alpha value is -2.48. The molecule has 0 radical (unpaired) electrons. The molecule has 0 saturated heterocycles. The molecule has 0 fully saturated rings. The van der Waals surface area contributed by atoms with Crippen LogP contribution in [0.5, 0.6) is 11.5 Å². The summed E-state index contributed by atoms with van der Waals surface area (Å²) in [6, 6.07) is 13.4. The number of fused-ring (bicyclic) bond motifs is 1. The molecule has 0 N–H and O–H groups in total. The molecule has 25 heavy (non-hydrogen) atoms. The van der Waals surface area contributed by atoms with Crippen LogP contribution in [0.2, 0.25) is 0 Å². The van der Waals surface area contributed by atoms with Crippen LogP contribution in [0.15, 0.2) is 54.1 Å². The summed E-state index contributed by atoms with van der Waals surface area (Å²) in [6.07, 6.45) is 2.53. The number of hydrogen-bond donors (Lipinski definition) is 0. The highest BCUT2D eigenvalue weighted by molar-refractivity contribution is 7.88. The van der Waals surface area contributed by atoms with E-state index in [1.807, 2.05) is 36.4 Å². The number of hydrogen-bond acceptors (Lipinski definition) is 4. The van der Waals surface area contributed by atoms with E-state index < -0.39 is 21.4 Å². The maximum Gasteiger partial charge on any atom is 0.534 e. The van der Waals surface area contributed by atoms with Crippen LogP contribution < -0.4 is 8.92 Å². The second-order valence-electron chi connectivity index (χ2n) is 5.43. The molecule has 3 rings (SSSR count). The number of alkyl halides is 3. The van der Waals surface area contributed by atoms with Crippen LogP contribution in [0.25, 0.3) is 6.08 Å². The summed E-state index contributed by atoms with van der Waals surface area (Å²) < 4.78 is 68.8. The molecule has 0 aliphatic carbocycles. The molecule has 8 heteroatoms. The molecule has 0 amide bonds. The molecular formula is C17H13F3O4S. The predicted molar refractivity (Wildman–Crippen MR) is 85.7 cm³/mol. The Morgan fingerprint density at radius 2 is 1.80 bits per heavy atom. The summed E-state index contributed by atoms with van der Waals surface area (Å²) in [6.45, 7) is 0.261. The van der Waals surface area contributed by atoms with Crippen molar-refractivity contribution < 1.29 is 30.5 Å². The van der Waals surface area contributed by atoms with E-state index in [1.54, 1.807) is 0 Å². The van der Waals surface area contributed by atoms with Gasteiger partial charge in [-0.2, -0.15) is 21.6 Å². The first kappa shape index (κ1) is 17.3. The standard InChI is InChI=1S/C17H13F3O4S/c18-17(19,20)25(21,22)24-15-7-6-14-9-13(11-23-16(14)10-15)8-12-4-2-1-3-5-12/h1-8,10H,9,11H2. The van der Waals surface area contributed by atoms with E-state index in [9.17, 15) is 21.6 Å². The summed E-state index contributed by atoms with van der Waals surface area (Å²) in [5.74, 6) is -0.133. The van der Waals surface area contributed by atoms with E-state index >= 15 is 0 Å². The third-order valence-electron chi connectivity index (χ3n) is 3.53. The van der Waals surface area contributed by atoms with Crippen molar-refractivity contribution in [1.82, 2.24) is 0 Å². The monoisotopic (exact) mass is 370 g/mol. The Labute approximate surface area is 142 Å². The lowest BCUT2D eigenvalue weighted by molar-refractivity contribution is -0.0500. The first-order chi connectivity index (χ1) is 11.7. The molecular weight excluding hydrogens is 357 g/mol. The van der Waals surface area contributed by atoms with E-state index in [0.717, 1.165) is 22.8 Å². The fourth-order valence-electron chi connectivity index (χ4n) is 2.38. The molecule has 1 heterocycles. The molecule has 0 spiro atoms. The molecule has 0 unspecified atom stereocenters. The molecule has 1 aliphatic heterocycles. The average Bonchev–Trinajstić information content (AvgIpc) is 2.54. The highest BCUT2D eigenvalue weighted by Gasteiger charge is 2.48. The van der Waals surface area contributed by atoms with Gasteiger partial charge >= 0.3 is 15.6 Å². The molecule has 132 valence electrons. The smallest absolute Gasteiger partial charge is 0.489 e. The minimum Gasteiger partial charge on any atom is -0.489 e. The van der Waals surface area contributed by atoms with Crippen LogP contribution in [0.4, 0.5) is 13.2 Å². The average molecular weight is 370 g/mol. The van der Waals surface area contributed by atoms with Crippen LogP contribution in [-0.4, -0.2) is 20.5 Å². The summed E-state index contributed by atoms with van der Waals surface area (Å²) in [4.78, 5) is 0. The minimum absolute atomic E-state index is 0.261. The number of rotatable bonds is 3. The number of halogens is 3. The molecule has 2 aromatic rings. The highest BCUT2D eigenvalue weighted by Crippen LogP contribution is 2.34. The van der Waals surface area contributed by atoms with Crippen LogP contribution in [0, 0.1) is 0 Å². The first-order valence-electron chi connectivity index (χ1n) is 7.25. The quantitative estimate of drug-likeness (QED) is 0.607. The fourth-order valence-corrected chi connectivity index (χ4v) is 2.84. The van der Waals surface area contributed by atoms with Gasteiger partial charge in [0, 0.05) is 12.5 Å². The van der Waals surface area contributed by atoms with Crippen molar-refractivity contribution in [3.05, 3.63) is 65.2 Å². The summed E-state index contributed by atoms with van der Waals surface area (Å²) >= 11 is 0. The SMILES string of the molecule is O=S(=O)(Oc1ccc2c(c1)OCC(=Cc1ccccc1)C2)C(F)(F)F. The molecule has 2 aromatic carbocycles. The van der Waals surface area contributed by atoms with Gasteiger partial charge in [-0.25, -0.2) is 0 Å². The second kappa shape index (κ2) is 6.44. The van der Waals surface area contributed by atoms with Gasteiger partial charge in [-0.3, -0.25) is 0 Å². The van der Waals surface area contributed by atoms with Crippen molar-refractivity contribution >= 4 is 16.2 Å². The van der Waals surface area contributed by atoms with Crippen molar-refractivity contribution in [1.29, 1.82) is 0 Å². The van der Waals surface area contributed by atoms with E-state index in [2.05, 4.69) is 4.18 Å². The van der Waals surface area contributed by atoms with Crippen LogP contribution in [0.1, 0.15) is 11.1 Å². The lowest BCUT2D eigenvalue weighted by Crippen LogP contribution is -2.28. The van der Waals surface area contributed by atoms with Gasteiger partial charge in [0.1, 0.15) is 18.1 Å². The topological polar surface area (TPSA) is 52.6 Å². The van der Waals surface area contributed by atoms with Crippen LogP contribution >= 0.6 is 0 Å². The normalized spacial score (nSPS) is 16.2. The summed E-state index contributed by atoms with van der Waals surface area (Å²) in [5.41, 5.74) is -2.73. The molecule has 1 aliphatic rings. The largest absolute Gasteiger partial charge is 0.534 e. The molecule has 4 nitrogen and oxygen atoms in total. The zero-order valence-electron chi connectivity index (χ0n) is 12.8. The van der Waals surface area contributed by atoms with Gasteiger partial charge < -0.3 is 8.92 Å². The Morgan fingerprint density at radius 1 is 1.08 bits per heavy atom. The first-order valence-corrected chi connectivity index (χ1v) is 8.66. The third-order valence-corrected chi connectivity index (χ3v) is 4.51. The highest BCUT2D eigenvalue weighted by atomic mass is 32.2. The van der Waals surface area contributed by atoms with Gasteiger partial charge in [-0.05, 0) is 22.8 Å². The van der Waals surface area contributed by atoms with Crippen molar-refractivity contribution in [3.8, 4) is 11.5 Å². The molecule has 0 saturated carbocycles. The van der Waals surface area contributed by atoms with Crippen LogP contribution in [0.3, 0.4) is 0 Å². The van der Waals surface area contributed by atoms with E-state index in [1.165, 1.54) is 12.1 Å². The van der Waals surface area contributed by atoms with E-state index in [-0.39, 0.29) is 6.61 Å². The maximum atomic E-state index is 12.4. The summed E-state index contributed by atoms with van der Waals surface area (Å²) in [5, 5.41) is 0. The van der Waals surface area contributed by atoms with Gasteiger partial charge in [-0.15, -0.1) is 0 Å². The second-order valence-corrected chi connectivity index (χ2v) is 6.97. The van der Waals surface area contributed by atoms with E-state index in [4.69, 9.17) is 4.74 Å². The molecule has 0 bridgehead atoms. The zero-order chi connectivity index (χ0) is 18.1. The van der Waals surface area contributed by atoms with Gasteiger partial charge in [0.05, 0.1) is 0 Å². The Bertz CT molecular complexity index is 903. The van der Waals surface area contributed by atoms with Gasteiger partial charge in [-0.1, -0.05) is 42.5 Å². The maximum absolute atomic E-state index is 12.4. The number of benzene rings is 2. The van der Waals surface area contributed by atoms with Gasteiger partial charge in [0.2, 0.25) is 0 Å². The third kappa shape index (κ3) is 3.96. The van der Waals surface area contributed by atoms with Crippen molar-refractivity contribution in [2.45, 2.75) is 11.9 Å². The Morgan fingerprint density at radius 3 is 2.48 bits per heavy atom. The van der Waals surface area contributed by atoms with Crippen LogP contribution in [-0.2, 0) is 16.5 Å².